The summed E-state index contributed by atoms with van der Waals surface area (Å²) in [5.41, 5.74) is 2.40. The number of aromatic amines is 1. The second-order valence-corrected chi connectivity index (χ2v) is 7.46. The Labute approximate surface area is 149 Å². The van der Waals surface area contributed by atoms with E-state index in [9.17, 15) is 4.39 Å². The lowest BCUT2D eigenvalue weighted by atomic mass is 10.2. The Morgan fingerprint density at radius 3 is 2.65 bits per heavy atom. The maximum atomic E-state index is 13.8. The molecule has 1 N–H and O–H groups in total. The van der Waals surface area contributed by atoms with E-state index in [-0.39, 0.29) is 5.82 Å². The molecule has 2 aromatic carbocycles. The summed E-state index contributed by atoms with van der Waals surface area (Å²) in [6.45, 7) is 0. The first-order valence-electron chi connectivity index (χ1n) is 5.52. The highest BCUT2D eigenvalue weighted by Gasteiger charge is 2.12. The average molecular weight is 528 g/mol. The highest BCUT2D eigenvalue weighted by atomic mass is 127. The van der Waals surface area contributed by atoms with E-state index in [0.29, 0.717) is 8.34 Å². The van der Waals surface area contributed by atoms with Gasteiger partial charge in [0.05, 0.1) is 20.3 Å². The Hall–Kier alpha value is -0.250. The predicted molar refractivity (Wildman–Crippen MR) is 96.5 cm³/mol. The number of aromatic nitrogens is 2. The van der Waals surface area contributed by atoms with Crippen molar-refractivity contribution in [3.05, 3.63) is 53.4 Å². The quantitative estimate of drug-likeness (QED) is 0.306. The Balaban J connectivity index is 2.39. The highest BCUT2D eigenvalue weighted by molar-refractivity contribution is 14.1. The van der Waals surface area contributed by atoms with Crippen LogP contribution in [0.3, 0.4) is 0 Å². The molecule has 0 radical (unpaired) electrons. The molecule has 0 aliphatic carbocycles. The zero-order valence-corrected chi connectivity index (χ0v) is 15.9. The topological polar surface area (TPSA) is 20.7 Å². The summed E-state index contributed by atoms with van der Waals surface area (Å²) >= 11 is 14.3. The molecule has 0 spiro atoms. The van der Waals surface area contributed by atoms with Gasteiger partial charge in [0.15, 0.2) is 4.77 Å². The van der Waals surface area contributed by atoms with Gasteiger partial charge in [0.2, 0.25) is 0 Å². The third-order valence-electron chi connectivity index (χ3n) is 2.87. The number of benzene rings is 2. The van der Waals surface area contributed by atoms with Crippen LogP contribution in [0.2, 0.25) is 0 Å². The molecule has 0 fully saturated rings. The highest BCUT2D eigenvalue weighted by Crippen LogP contribution is 2.29. The number of nitrogens with one attached hydrogen (secondary N) is 1. The van der Waals surface area contributed by atoms with Crippen LogP contribution < -0.4 is 0 Å². The molecule has 0 unspecified atom stereocenters. The molecule has 0 amide bonds. The van der Waals surface area contributed by atoms with Crippen molar-refractivity contribution < 1.29 is 4.39 Å². The molecule has 3 rings (SSSR count). The van der Waals surface area contributed by atoms with Crippen LogP contribution in [0.4, 0.5) is 4.39 Å². The number of fused-ring (bicyclic) bond motifs is 1. The van der Waals surface area contributed by atoms with Crippen LogP contribution in [0.15, 0.2) is 39.3 Å². The van der Waals surface area contributed by atoms with Gasteiger partial charge in [-0.25, -0.2) is 4.39 Å². The molecule has 0 aliphatic heterocycles. The minimum Gasteiger partial charge on any atom is -0.330 e. The zero-order valence-electron chi connectivity index (χ0n) is 9.75. The fourth-order valence-electron chi connectivity index (χ4n) is 2.00. The van der Waals surface area contributed by atoms with Crippen molar-refractivity contribution >= 4 is 77.7 Å². The van der Waals surface area contributed by atoms with Crippen molar-refractivity contribution in [2.75, 3.05) is 0 Å². The van der Waals surface area contributed by atoms with Crippen LogP contribution in [0.1, 0.15) is 0 Å². The van der Waals surface area contributed by atoms with E-state index < -0.39 is 0 Å². The molecule has 3 aromatic rings. The van der Waals surface area contributed by atoms with Gasteiger partial charge >= 0.3 is 0 Å². The summed E-state index contributed by atoms with van der Waals surface area (Å²) in [7, 11) is 0. The van der Waals surface area contributed by atoms with Crippen LogP contribution in [0.25, 0.3) is 16.7 Å². The molecule has 0 saturated heterocycles. The molecule has 2 nitrogen and oxygen atoms in total. The van der Waals surface area contributed by atoms with Gasteiger partial charge in [-0.3, -0.25) is 4.57 Å². The molecule has 0 aliphatic rings. The fourth-order valence-corrected chi connectivity index (χ4v) is 4.00. The van der Waals surface area contributed by atoms with Crippen molar-refractivity contribution in [3.8, 4) is 5.69 Å². The molecule has 20 heavy (non-hydrogen) atoms. The second kappa shape index (κ2) is 5.51. The lowest BCUT2D eigenvalue weighted by molar-refractivity contribution is 0.622. The smallest absolute Gasteiger partial charge is 0.182 e. The zero-order chi connectivity index (χ0) is 14.4. The number of hydrogen-bond donors (Lipinski definition) is 1. The van der Waals surface area contributed by atoms with E-state index >= 15 is 0 Å². The summed E-state index contributed by atoms with van der Waals surface area (Å²) in [5.74, 6) is -0.255. The molecule has 0 bridgehead atoms. The van der Waals surface area contributed by atoms with Crippen LogP contribution in [0, 0.1) is 14.2 Å². The van der Waals surface area contributed by atoms with Crippen LogP contribution >= 0.6 is 66.7 Å². The predicted octanol–water partition coefficient (Wildman–Crippen LogP) is 5.96. The summed E-state index contributed by atoms with van der Waals surface area (Å²) < 4.78 is 18.6. The van der Waals surface area contributed by atoms with Crippen molar-refractivity contribution in [2.45, 2.75) is 0 Å². The number of halogens is 4. The molecular weight excluding hydrogens is 522 g/mol. The van der Waals surface area contributed by atoms with Crippen molar-refractivity contribution in [3.63, 3.8) is 0 Å². The first kappa shape index (κ1) is 14.7. The van der Waals surface area contributed by atoms with Gasteiger partial charge in [-0.15, -0.1) is 0 Å². The number of rotatable bonds is 1. The van der Waals surface area contributed by atoms with E-state index in [1.807, 2.05) is 45.4 Å². The lowest BCUT2D eigenvalue weighted by Gasteiger charge is -2.08. The molecule has 0 saturated carbocycles. The number of H-pyrrole nitrogens is 1. The van der Waals surface area contributed by atoms with E-state index in [4.69, 9.17) is 12.2 Å². The molecule has 1 heterocycles. The number of imidazole rings is 1. The molecule has 7 heteroatoms. The fraction of sp³-hybridized carbons (Fsp3) is 0. The molecule has 102 valence electrons. The number of hydrogen-bond acceptors (Lipinski definition) is 1. The van der Waals surface area contributed by atoms with Crippen molar-refractivity contribution in [2.24, 2.45) is 0 Å². The Kier molecular flexibility index (Phi) is 4.04. The van der Waals surface area contributed by atoms with Gasteiger partial charge in [0.1, 0.15) is 5.82 Å². The summed E-state index contributed by atoms with van der Waals surface area (Å²) in [6, 6.07) is 9.03. The van der Waals surface area contributed by atoms with Crippen molar-refractivity contribution in [1.29, 1.82) is 0 Å². The summed E-state index contributed by atoms with van der Waals surface area (Å²) in [6.07, 6.45) is 0. The van der Waals surface area contributed by atoms with Gasteiger partial charge < -0.3 is 4.98 Å². The minimum atomic E-state index is -0.255. The van der Waals surface area contributed by atoms with Gasteiger partial charge in [0, 0.05) is 15.0 Å². The van der Waals surface area contributed by atoms with E-state index in [1.54, 1.807) is 6.07 Å². The monoisotopic (exact) mass is 526 g/mol. The standard InChI is InChI=1S/C13H6Br2FIN2S/c14-6-1-2-11(7(15)3-6)19-12-4-8(16)9(17)5-10(12)18-13(19)20/h1-5H,(H,18,20). The summed E-state index contributed by atoms with van der Waals surface area (Å²) in [4.78, 5) is 3.11. The molecule has 0 atom stereocenters. The van der Waals surface area contributed by atoms with Crippen LogP contribution in [-0.4, -0.2) is 9.55 Å². The van der Waals surface area contributed by atoms with E-state index in [2.05, 4.69) is 36.8 Å². The largest absolute Gasteiger partial charge is 0.330 e. The van der Waals surface area contributed by atoms with E-state index in [1.165, 1.54) is 6.07 Å². The third kappa shape index (κ3) is 2.49. The first-order valence-corrected chi connectivity index (χ1v) is 8.60. The second-order valence-electron chi connectivity index (χ2n) is 4.14. The number of nitrogens with zero attached hydrogens (tertiary/aromatic N) is 1. The van der Waals surface area contributed by atoms with Crippen LogP contribution in [-0.2, 0) is 0 Å². The molecular formula is C13H6Br2FIN2S. The normalized spacial score (nSPS) is 11.2. The van der Waals surface area contributed by atoms with Gasteiger partial charge in [0.25, 0.3) is 0 Å². The summed E-state index contributed by atoms with van der Waals surface area (Å²) in [5, 5.41) is 0. The Morgan fingerprint density at radius 2 is 1.95 bits per heavy atom. The van der Waals surface area contributed by atoms with Gasteiger partial charge in [-0.1, -0.05) is 15.9 Å². The van der Waals surface area contributed by atoms with Crippen LogP contribution in [0.5, 0.6) is 0 Å². The van der Waals surface area contributed by atoms with E-state index in [0.717, 1.165) is 25.7 Å². The minimum absolute atomic E-state index is 0.255. The lowest BCUT2D eigenvalue weighted by Crippen LogP contribution is -1.96. The first-order chi connectivity index (χ1) is 9.47. The van der Waals surface area contributed by atoms with Gasteiger partial charge in [-0.05, 0) is 75.0 Å². The SMILES string of the molecule is Fc1cc2c(cc1I)[nH]c(=S)n2-c1ccc(Br)cc1Br. The maximum Gasteiger partial charge on any atom is 0.182 e. The molecule has 1 aromatic heterocycles. The Bertz CT molecular complexity index is 888. The van der Waals surface area contributed by atoms with Crippen molar-refractivity contribution in [1.82, 2.24) is 9.55 Å². The van der Waals surface area contributed by atoms with Gasteiger partial charge in [-0.2, -0.15) is 0 Å². The Morgan fingerprint density at radius 1 is 1.20 bits per heavy atom. The third-order valence-corrected chi connectivity index (χ3v) is 5.11. The average Bonchev–Trinajstić information content (AvgIpc) is 2.66. The maximum absolute atomic E-state index is 13.8.